The third-order valence-corrected chi connectivity index (χ3v) is 5.86. The fraction of sp³-hybridized carbons (Fsp3) is 0.263. The molecule has 142 valence electrons. The highest BCUT2D eigenvalue weighted by atomic mass is 32.2. The van der Waals surface area contributed by atoms with Crippen LogP contribution in [0.15, 0.2) is 53.4 Å². The second-order valence-electron chi connectivity index (χ2n) is 5.59. The van der Waals surface area contributed by atoms with Crippen LogP contribution in [0.3, 0.4) is 0 Å². The van der Waals surface area contributed by atoms with E-state index in [0.717, 1.165) is 0 Å². The molecule has 8 heteroatoms. The van der Waals surface area contributed by atoms with Gasteiger partial charge in [-0.25, -0.2) is 8.42 Å². The summed E-state index contributed by atoms with van der Waals surface area (Å²) < 4.78 is 31.8. The molecular formula is C19H21N3O4S. The van der Waals surface area contributed by atoms with Crippen molar-refractivity contribution in [3.63, 3.8) is 0 Å². The zero-order valence-electron chi connectivity index (χ0n) is 15.2. The number of amides is 1. The monoisotopic (exact) mass is 387 g/mol. The summed E-state index contributed by atoms with van der Waals surface area (Å²) in [6.45, 7) is 4.04. The summed E-state index contributed by atoms with van der Waals surface area (Å²) in [4.78, 5) is 12.2. The van der Waals surface area contributed by atoms with Crippen LogP contribution in [0.1, 0.15) is 19.4 Å². The first-order valence-electron chi connectivity index (χ1n) is 8.43. The quantitative estimate of drug-likeness (QED) is 0.750. The first kappa shape index (κ1) is 20.4. The summed E-state index contributed by atoms with van der Waals surface area (Å²) >= 11 is 0. The minimum Gasteiger partial charge on any atom is -0.484 e. The summed E-state index contributed by atoms with van der Waals surface area (Å²) in [6.07, 6.45) is 0. The van der Waals surface area contributed by atoms with E-state index in [4.69, 9.17) is 10.00 Å². The van der Waals surface area contributed by atoms with Gasteiger partial charge in [0.2, 0.25) is 10.0 Å². The number of rotatable bonds is 8. The average Bonchev–Trinajstić information content (AvgIpc) is 2.67. The van der Waals surface area contributed by atoms with Gasteiger partial charge in [0.15, 0.2) is 6.61 Å². The van der Waals surface area contributed by atoms with Crippen molar-refractivity contribution < 1.29 is 17.9 Å². The molecular weight excluding hydrogens is 366 g/mol. The van der Waals surface area contributed by atoms with Crippen LogP contribution >= 0.6 is 0 Å². The molecule has 2 aromatic rings. The maximum Gasteiger partial charge on any atom is 0.262 e. The van der Waals surface area contributed by atoms with Gasteiger partial charge in [0.1, 0.15) is 5.75 Å². The Kier molecular flexibility index (Phi) is 6.93. The standard InChI is InChI=1S/C19H21N3O4S/c1-3-22(4-2)27(24,25)18-7-5-6-16(12-18)21-19(23)14-26-17-10-8-15(13-20)9-11-17/h5-12H,3-4,14H2,1-2H3,(H,21,23). The van der Waals surface area contributed by atoms with E-state index in [2.05, 4.69) is 5.32 Å². The number of nitriles is 1. The molecule has 0 aliphatic carbocycles. The lowest BCUT2D eigenvalue weighted by Crippen LogP contribution is -2.30. The Bertz CT molecular complexity index is 930. The highest BCUT2D eigenvalue weighted by molar-refractivity contribution is 7.89. The Morgan fingerprint density at radius 1 is 1.15 bits per heavy atom. The molecule has 0 spiro atoms. The average molecular weight is 387 g/mol. The Morgan fingerprint density at radius 2 is 1.81 bits per heavy atom. The molecule has 0 unspecified atom stereocenters. The van der Waals surface area contributed by atoms with E-state index in [1.54, 1.807) is 50.2 Å². The third kappa shape index (κ3) is 5.29. The van der Waals surface area contributed by atoms with Crippen molar-refractivity contribution in [2.24, 2.45) is 0 Å². The van der Waals surface area contributed by atoms with Crippen LogP contribution in [-0.4, -0.2) is 38.3 Å². The van der Waals surface area contributed by atoms with Crippen LogP contribution in [0.25, 0.3) is 0 Å². The SMILES string of the molecule is CCN(CC)S(=O)(=O)c1cccc(NC(=O)COc2ccc(C#N)cc2)c1. The molecule has 0 bridgehead atoms. The second kappa shape index (κ2) is 9.16. The molecule has 0 atom stereocenters. The molecule has 7 nitrogen and oxygen atoms in total. The van der Waals surface area contributed by atoms with Crippen LogP contribution in [-0.2, 0) is 14.8 Å². The maximum atomic E-state index is 12.6. The van der Waals surface area contributed by atoms with Crippen molar-refractivity contribution in [1.82, 2.24) is 4.31 Å². The van der Waals surface area contributed by atoms with E-state index in [9.17, 15) is 13.2 Å². The fourth-order valence-corrected chi connectivity index (χ4v) is 3.92. The summed E-state index contributed by atoms with van der Waals surface area (Å²) in [5.74, 6) is 0.0405. The molecule has 0 radical (unpaired) electrons. The number of nitrogens with one attached hydrogen (secondary N) is 1. The summed E-state index contributed by atoms with van der Waals surface area (Å²) in [6, 6.07) is 14.5. The topological polar surface area (TPSA) is 99.5 Å². The normalized spacial score (nSPS) is 11.0. The minimum absolute atomic E-state index is 0.122. The predicted molar refractivity (Wildman–Crippen MR) is 102 cm³/mol. The molecule has 0 aliphatic rings. The van der Waals surface area contributed by atoms with Crippen molar-refractivity contribution in [1.29, 1.82) is 5.26 Å². The smallest absolute Gasteiger partial charge is 0.262 e. The van der Waals surface area contributed by atoms with Gasteiger partial charge >= 0.3 is 0 Å². The van der Waals surface area contributed by atoms with Crippen LogP contribution in [0.5, 0.6) is 5.75 Å². The largest absolute Gasteiger partial charge is 0.484 e. The van der Waals surface area contributed by atoms with E-state index in [0.29, 0.717) is 30.1 Å². The van der Waals surface area contributed by atoms with E-state index in [1.807, 2.05) is 6.07 Å². The highest BCUT2D eigenvalue weighted by Gasteiger charge is 2.21. The van der Waals surface area contributed by atoms with E-state index in [1.165, 1.54) is 16.4 Å². The van der Waals surface area contributed by atoms with Gasteiger partial charge in [-0.05, 0) is 42.5 Å². The molecule has 0 fully saturated rings. The number of carbonyl (C=O) groups is 1. The second-order valence-corrected chi connectivity index (χ2v) is 7.53. The van der Waals surface area contributed by atoms with Crippen molar-refractivity contribution >= 4 is 21.6 Å². The van der Waals surface area contributed by atoms with Gasteiger partial charge in [0, 0.05) is 18.8 Å². The lowest BCUT2D eigenvalue weighted by molar-refractivity contribution is -0.118. The maximum absolute atomic E-state index is 12.6. The van der Waals surface area contributed by atoms with Gasteiger partial charge in [-0.15, -0.1) is 0 Å². The predicted octanol–water partition coefficient (Wildman–Crippen LogP) is 2.61. The molecule has 0 saturated heterocycles. The van der Waals surface area contributed by atoms with Crippen LogP contribution in [0.4, 0.5) is 5.69 Å². The third-order valence-electron chi connectivity index (χ3n) is 3.81. The van der Waals surface area contributed by atoms with E-state index in [-0.39, 0.29) is 11.5 Å². The van der Waals surface area contributed by atoms with Gasteiger partial charge in [-0.3, -0.25) is 4.79 Å². The highest BCUT2D eigenvalue weighted by Crippen LogP contribution is 2.19. The number of benzene rings is 2. The Hall–Kier alpha value is -2.89. The van der Waals surface area contributed by atoms with Gasteiger partial charge in [-0.2, -0.15) is 9.57 Å². The lowest BCUT2D eigenvalue weighted by atomic mass is 10.2. The molecule has 27 heavy (non-hydrogen) atoms. The first-order chi connectivity index (χ1) is 12.9. The van der Waals surface area contributed by atoms with Gasteiger partial charge in [0.05, 0.1) is 16.5 Å². The first-order valence-corrected chi connectivity index (χ1v) is 9.87. The van der Waals surface area contributed by atoms with Crippen molar-refractivity contribution in [2.75, 3.05) is 25.0 Å². The Labute approximate surface area is 159 Å². The van der Waals surface area contributed by atoms with Crippen LogP contribution in [0, 0.1) is 11.3 Å². The van der Waals surface area contributed by atoms with Crippen LogP contribution < -0.4 is 10.1 Å². The molecule has 2 rings (SSSR count). The molecule has 1 N–H and O–H groups in total. The summed E-state index contributed by atoms with van der Waals surface area (Å²) in [5.41, 5.74) is 0.870. The zero-order valence-corrected chi connectivity index (χ0v) is 16.0. The lowest BCUT2D eigenvalue weighted by Gasteiger charge is -2.18. The number of nitrogens with zero attached hydrogens (tertiary/aromatic N) is 2. The van der Waals surface area contributed by atoms with E-state index >= 15 is 0 Å². The van der Waals surface area contributed by atoms with Crippen molar-refractivity contribution in [3.8, 4) is 11.8 Å². The van der Waals surface area contributed by atoms with Crippen LogP contribution in [0.2, 0.25) is 0 Å². The number of carbonyl (C=O) groups excluding carboxylic acids is 1. The Balaban J connectivity index is 2.02. The fourth-order valence-electron chi connectivity index (χ4n) is 2.42. The van der Waals surface area contributed by atoms with Gasteiger partial charge in [-0.1, -0.05) is 19.9 Å². The number of hydrogen-bond donors (Lipinski definition) is 1. The number of anilines is 1. The molecule has 1 amide bonds. The minimum atomic E-state index is -3.60. The molecule has 0 saturated carbocycles. The number of sulfonamides is 1. The van der Waals surface area contributed by atoms with E-state index < -0.39 is 15.9 Å². The number of hydrogen-bond acceptors (Lipinski definition) is 5. The van der Waals surface area contributed by atoms with Crippen molar-refractivity contribution in [3.05, 3.63) is 54.1 Å². The molecule has 0 heterocycles. The Morgan fingerprint density at radius 3 is 2.41 bits per heavy atom. The van der Waals surface area contributed by atoms with Crippen molar-refractivity contribution in [2.45, 2.75) is 18.7 Å². The van der Waals surface area contributed by atoms with Gasteiger partial charge in [0.25, 0.3) is 5.91 Å². The van der Waals surface area contributed by atoms with Gasteiger partial charge < -0.3 is 10.1 Å². The number of ether oxygens (including phenoxy) is 1. The summed E-state index contributed by atoms with van der Waals surface area (Å²) in [5, 5.41) is 11.4. The molecule has 2 aromatic carbocycles. The molecule has 0 aromatic heterocycles. The zero-order chi connectivity index (χ0) is 19.9. The summed E-state index contributed by atoms with van der Waals surface area (Å²) in [7, 11) is -3.60. The molecule has 0 aliphatic heterocycles.